The first-order chi connectivity index (χ1) is 18.2. The van der Waals surface area contributed by atoms with E-state index in [-0.39, 0.29) is 5.69 Å². The number of nitrogens with one attached hydrogen (secondary N) is 3. The average Bonchev–Trinajstić information content (AvgIpc) is 2.90. The summed E-state index contributed by atoms with van der Waals surface area (Å²) in [5.74, 6) is -1.96. The van der Waals surface area contributed by atoms with Gasteiger partial charge in [-0.3, -0.25) is 19.3 Å². The normalized spacial score (nSPS) is 14.2. The van der Waals surface area contributed by atoms with Gasteiger partial charge in [-0.25, -0.2) is 5.43 Å². The average molecular weight is 536 g/mol. The van der Waals surface area contributed by atoms with Crippen LogP contribution in [0.4, 0.5) is 18.9 Å². The third-order valence-electron chi connectivity index (χ3n) is 5.35. The van der Waals surface area contributed by atoms with E-state index in [1.807, 2.05) is 0 Å². The number of hydrazone groups is 1. The standard InChI is InChI=1S/C25H28F3N5O5/c26-25(27,28)19-3-1-4-20(15-19)31-22(34)17-38-21-7-5-18(6-8-21)16-30-32-24(36)23(35)29-9-2-10-33-11-13-37-14-12-33/h1,3-8,15-16H,2,9-14,17H2,(H,29,35)(H,31,34)(H,32,36)/b30-16-. The Morgan fingerprint density at radius 1 is 1.05 bits per heavy atom. The zero-order valence-corrected chi connectivity index (χ0v) is 20.4. The summed E-state index contributed by atoms with van der Waals surface area (Å²) in [5.41, 5.74) is 1.86. The van der Waals surface area contributed by atoms with Gasteiger partial charge in [0.05, 0.1) is 25.0 Å². The Hall–Kier alpha value is -3.97. The monoisotopic (exact) mass is 535 g/mol. The van der Waals surface area contributed by atoms with Gasteiger partial charge < -0.3 is 20.1 Å². The van der Waals surface area contributed by atoms with Gasteiger partial charge in [0.2, 0.25) is 0 Å². The molecule has 0 spiro atoms. The Bertz CT molecular complexity index is 1120. The molecule has 3 amide bonds. The second-order valence-corrected chi connectivity index (χ2v) is 8.25. The molecule has 38 heavy (non-hydrogen) atoms. The van der Waals surface area contributed by atoms with Crippen molar-refractivity contribution in [2.45, 2.75) is 12.6 Å². The topological polar surface area (TPSA) is 121 Å². The van der Waals surface area contributed by atoms with Crippen LogP contribution in [-0.2, 0) is 25.3 Å². The number of carbonyl (C=O) groups excluding carboxylic acids is 3. The highest BCUT2D eigenvalue weighted by molar-refractivity contribution is 6.35. The molecule has 0 bridgehead atoms. The molecule has 1 saturated heterocycles. The summed E-state index contributed by atoms with van der Waals surface area (Å²) >= 11 is 0. The van der Waals surface area contributed by atoms with Crippen LogP contribution in [0.3, 0.4) is 0 Å². The number of anilines is 1. The predicted octanol–water partition coefficient (Wildman–Crippen LogP) is 2.01. The Morgan fingerprint density at radius 3 is 2.50 bits per heavy atom. The van der Waals surface area contributed by atoms with Gasteiger partial charge in [0, 0.05) is 25.3 Å². The van der Waals surface area contributed by atoms with Crippen LogP contribution in [0.5, 0.6) is 5.75 Å². The largest absolute Gasteiger partial charge is 0.484 e. The minimum Gasteiger partial charge on any atom is -0.484 e. The van der Waals surface area contributed by atoms with Crippen molar-refractivity contribution in [3.05, 3.63) is 59.7 Å². The molecule has 204 valence electrons. The number of alkyl halides is 3. The highest BCUT2D eigenvalue weighted by Crippen LogP contribution is 2.30. The molecule has 0 saturated carbocycles. The van der Waals surface area contributed by atoms with Crippen LogP contribution in [0.25, 0.3) is 0 Å². The summed E-state index contributed by atoms with van der Waals surface area (Å²) < 4.78 is 49.0. The maximum atomic E-state index is 12.8. The van der Waals surface area contributed by atoms with E-state index in [1.54, 1.807) is 24.3 Å². The number of nitrogens with zero attached hydrogens (tertiary/aromatic N) is 2. The Morgan fingerprint density at radius 2 is 1.79 bits per heavy atom. The minimum absolute atomic E-state index is 0.00343. The molecule has 2 aromatic carbocycles. The Labute approximate surface area is 217 Å². The highest BCUT2D eigenvalue weighted by atomic mass is 19.4. The van der Waals surface area contributed by atoms with Crippen molar-refractivity contribution < 1.29 is 37.0 Å². The summed E-state index contributed by atoms with van der Waals surface area (Å²) in [7, 11) is 0. The molecule has 0 atom stereocenters. The predicted molar refractivity (Wildman–Crippen MR) is 133 cm³/mol. The lowest BCUT2D eigenvalue weighted by molar-refractivity contribution is -0.139. The van der Waals surface area contributed by atoms with Crippen molar-refractivity contribution in [3.8, 4) is 5.75 Å². The van der Waals surface area contributed by atoms with Gasteiger partial charge in [-0.05, 0) is 61.0 Å². The van der Waals surface area contributed by atoms with Gasteiger partial charge in [-0.2, -0.15) is 18.3 Å². The molecular weight excluding hydrogens is 507 g/mol. The van der Waals surface area contributed by atoms with E-state index >= 15 is 0 Å². The van der Waals surface area contributed by atoms with Crippen LogP contribution >= 0.6 is 0 Å². The van der Waals surface area contributed by atoms with Crippen LogP contribution in [0.2, 0.25) is 0 Å². The second kappa shape index (κ2) is 14.1. The van der Waals surface area contributed by atoms with Gasteiger partial charge in [-0.15, -0.1) is 0 Å². The molecule has 1 aliphatic rings. The maximum absolute atomic E-state index is 12.8. The summed E-state index contributed by atoms with van der Waals surface area (Å²) in [6.07, 6.45) is -2.47. The molecule has 13 heteroatoms. The number of benzene rings is 2. The number of rotatable bonds is 10. The first-order valence-corrected chi connectivity index (χ1v) is 11.8. The number of hydrogen-bond acceptors (Lipinski definition) is 7. The van der Waals surface area contributed by atoms with Crippen LogP contribution in [0.1, 0.15) is 17.5 Å². The number of ether oxygens (including phenoxy) is 2. The summed E-state index contributed by atoms with van der Waals surface area (Å²) in [4.78, 5) is 37.9. The van der Waals surface area contributed by atoms with Crippen molar-refractivity contribution in [2.75, 3.05) is 51.3 Å². The molecule has 1 fully saturated rings. The number of morpholine rings is 1. The zero-order valence-electron chi connectivity index (χ0n) is 20.4. The molecule has 3 N–H and O–H groups in total. The lowest BCUT2D eigenvalue weighted by Gasteiger charge is -2.26. The molecule has 0 aliphatic carbocycles. The van der Waals surface area contributed by atoms with Gasteiger partial charge >= 0.3 is 18.0 Å². The fourth-order valence-electron chi connectivity index (χ4n) is 3.40. The molecule has 3 rings (SSSR count). The molecule has 0 radical (unpaired) electrons. The van der Waals surface area contributed by atoms with Gasteiger partial charge in [0.15, 0.2) is 6.61 Å². The molecule has 2 aromatic rings. The van der Waals surface area contributed by atoms with E-state index in [0.29, 0.717) is 37.5 Å². The van der Waals surface area contributed by atoms with Crippen molar-refractivity contribution >= 4 is 29.6 Å². The highest BCUT2D eigenvalue weighted by Gasteiger charge is 2.30. The van der Waals surface area contributed by atoms with Crippen molar-refractivity contribution in [1.82, 2.24) is 15.6 Å². The SMILES string of the molecule is O=C(COc1ccc(/C=N\NC(=O)C(=O)NCCCN2CCOCC2)cc1)Nc1cccc(C(F)(F)F)c1. The fourth-order valence-corrected chi connectivity index (χ4v) is 3.40. The first-order valence-electron chi connectivity index (χ1n) is 11.8. The lowest BCUT2D eigenvalue weighted by atomic mass is 10.2. The Kier molecular flexibility index (Phi) is 10.6. The van der Waals surface area contributed by atoms with Gasteiger partial charge in [-0.1, -0.05) is 6.07 Å². The minimum atomic E-state index is -4.51. The molecule has 1 heterocycles. The van der Waals surface area contributed by atoms with Gasteiger partial charge in [0.1, 0.15) is 5.75 Å². The fraction of sp³-hybridized carbons (Fsp3) is 0.360. The molecule has 0 unspecified atom stereocenters. The summed E-state index contributed by atoms with van der Waals surface area (Å²) in [6, 6.07) is 10.6. The van der Waals surface area contributed by atoms with E-state index in [0.717, 1.165) is 31.8 Å². The Balaban J connectivity index is 1.34. The van der Waals surface area contributed by atoms with Crippen LogP contribution < -0.4 is 20.8 Å². The summed E-state index contributed by atoms with van der Waals surface area (Å²) in [5, 5.41) is 8.64. The third kappa shape index (κ3) is 9.82. The van der Waals surface area contributed by atoms with Crippen molar-refractivity contribution in [2.24, 2.45) is 5.10 Å². The van der Waals surface area contributed by atoms with Crippen LogP contribution in [0.15, 0.2) is 53.6 Å². The molecule has 1 aliphatic heterocycles. The van der Waals surface area contributed by atoms with E-state index in [9.17, 15) is 27.6 Å². The molecule has 10 nitrogen and oxygen atoms in total. The molecular formula is C25H28F3N5O5. The van der Waals surface area contributed by atoms with Gasteiger partial charge in [0.25, 0.3) is 5.91 Å². The lowest BCUT2D eigenvalue weighted by Crippen LogP contribution is -2.40. The second-order valence-electron chi connectivity index (χ2n) is 8.25. The van der Waals surface area contributed by atoms with Crippen molar-refractivity contribution in [3.63, 3.8) is 0 Å². The van der Waals surface area contributed by atoms with Crippen molar-refractivity contribution in [1.29, 1.82) is 0 Å². The smallest absolute Gasteiger partial charge is 0.416 e. The van der Waals surface area contributed by atoms with E-state index in [1.165, 1.54) is 18.3 Å². The number of halogens is 3. The number of carbonyl (C=O) groups is 3. The van der Waals surface area contributed by atoms with Crippen LogP contribution in [-0.4, -0.2) is 74.8 Å². The third-order valence-corrected chi connectivity index (χ3v) is 5.35. The first kappa shape index (κ1) is 28.6. The maximum Gasteiger partial charge on any atom is 0.416 e. The molecule has 0 aromatic heterocycles. The quantitative estimate of drug-likeness (QED) is 0.185. The van der Waals surface area contributed by atoms with E-state index in [4.69, 9.17) is 9.47 Å². The van der Waals surface area contributed by atoms with E-state index in [2.05, 4.69) is 26.1 Å². The number of amides is 3. The zero-order chi connectivity index (χ0) is 27.4. The summed E-state index contributed by atoms with van der Waals surface area (Å²) in [6.45, 7) is 3.87. The number of hydrogen-bond donors (Lipinski definition) is 3. The van der Waals surface area contributed by atoms with E-state index < -0.39 is 36.1 Å². The van der Waals surface area contributed by atoms with Crippen LogP contribution in [0, 0.1) is 0 Å².